The Hall–Kier alpha value is -3.65. The zero-order valence-corrected chi connectivity index (χ0v) is 27.5. The number of imidazole rings is 1. The van der Waals surface area contributed by atoms with Gasteiger partial charge in [-0.05, 0) is 86.3 Å². The molecular weight excluding hydrogens is 550 g/mol. The molecule has 0 fully saturated rings. The van der Waals surface area contributed by atoms with E-state index in [0.717, 1.165) is 83.8 Å². The number of fused-ring (bicyclic) bond motifs is 3. The lowest BCUT2D eigenvalue weighted by Crippen LogP contribution is -2.31. The summed E-state index contributed by atoms with van der Waals surface area (Å²) in [6, 6.07) is 12.5. The molecular formula is C36H51N5O3. The van der Waals surface area contributed by atoms with Crippen molar-refractivity contribution >= 4 is 33.7 Å². The van der Waals surface area contributed by atoms with Crippen molar-refractivity contribution in [3.63, 3.8) is 0 Å². The van der Waals surface area contributed by atoms with Gasteiger partial charge in [0.25, 0.3) is 0 Å². The van der Waals surface area contributed by atoms with Crippen LogP contribution >= 0.6 is 0 Å². The summed E-state index contributed by atoms with van der Waals surface area (Å²) in [5, 5.41) is 14.2. The average Bonchev–Trinajstić information content (AvgIpc) is 3.35. The quantitative estimate of drug-likeness (QED) is 0.116. The first-order chi connectivity index (χ1) is 21.0. The number of rotatable bonds is 16. The molecule has 0 bridgehead atoms. The number of hydrogen-bond acceptors (Lipinski definition) is 6. The van der Waals surface area contributed by atoms with Gasteiger partial charge in [0.05, 0.1) is 11.0 Å². The first-order valence-electron chi connectivity index (χ1n) is 16.3. The molecule has 0 spiro atoms. The lowest BCUT2D eigenvalue weighted by Gasteiger charge is -2.26. The molecule has 8 nitrogen and oxygen atoms in total. The van der Waals surface area contributed by atoms with Crippen molar-refractivity contribution < 1.29 is 14.6 Å². The van der Waals surface area contributed by atoms with E-state index in [1.54, 1.807) is 6.07 Å². The van der Waals surface area contributed by atoms with Gasteiger partial charge in [-0.15, -0.1) is 0 Å². The summed E-state index contributed by atoms with van der Waals surface area (Å²) >= 11 is 0. The van der Waals surface area contributed by atoms with Crippen LogP contribution in [0.5, 0.6) is 5.75 Å². The fourth-order valence-corrected chi connectivity index (χ4v) is 5.88. The van der Waals surface area contributed by atoms with Gasteiger partial charge in [0.15, 0.2) is 5.82 Å². The van der Waals surface area contributed by atoms with Gasteiger partial charge < -0.3 is 25.5 Å². The summed E-state index contributed by atoms with van der Waals surface area (Å²) in [5.74, 6) is 1.87. The van der Waals surface area contributed by atoms with Crippen LogP contribution in [0.4, 0.5) is 5.82 Å². The van der Waals surface area contributed by atoms with Gasteiger partial charge in [-0.3, -0.25) is 4.79 Å². The highest BCUT2D eigenvalue weighted by molar-refractivity contribution is 6.07. The monoisotopic (exact) mass is 601 g/mol. The van der Waals surface area contributed by atoms with Crippen LogP contribution in [-0.4, -0.2) is 44.8 Å². The summed E-state index contributed by atoms with van der Waals surface area (Å²) in [5.41, 5.74) is 12.3. The number of nitrogens with one attached hydrogen (secondary N) is 1. The molecule has 0 radical (unpaired) electrons. The van der Waals surface area contributed by atoms with Gasteiger partial charge in [0.2, 0.25) is 5.91 Å². The van der Waals surface area contributed by atoms with Gasteiger partial charge in [0, 0.05) is 44.0 Å². The number of amides is 1. The fourth-order valence-electron chi connectivity index (χ4n) is 5.88. The van der Waals surface area contributed by atoms with Crippen LogP contribution in [0.3, 0.4) is 0 Å². The van der Waals surface area contributed by atoms with Crippen molar-refractivity contribution in [2.24, 2.45) is 0 Å². The Morgan fingerprint density at radius 1 is 1.09 bits per heavy atom. The minimum atomic E-state index is -0.0613. The van der Waals surface area contributed by atoms with E-state index < -0.39 is 0 Å². The van der Waals surface area contributed by atoms with Gasteiger partial charge in [-0.1, -0.05) is 52.3 Å². The number of carbonyl (C=O) groups excluding carboxylic acids is 1. The summed E-state index contributed by atoms with van der Waals surface area (Å²) in [6.07, 6.45) is 7.30. The van der Waals surface area contributed by atoms with E-state index in [1.165, 1.54) is 5.56 Å². The van der Waals surface area contributed by atoms with Crippen molar-refractivity contribution in [1.82, 2.24) is 19.9 Å². The minimum Gasteiger partial charge on any atom is -0.508 e. The van der Waals surface area contributed by atoms with Crippen molar-refractivity contribution in [3.8, 4) is 5.75 Å². The fraction of sp³-hybridized carbons (Fsp3) is 0.528. The number of nitrogen functional groups attached to an aromatic ring is 1. The summed E-state index contributed by atoms with van der Waals surface area (Å²) in [6.45, 7) is 14.7. The number of nitrogens with zero attached hydrogens (tertiary/aromatic N) is 3. The van der Waals surface area contributed by atoms with E-state index >= 15 is 0 Å². The average molecular weight is 602 g/mol. The molecule has 0 saturated heterocycles. The summed E-state index contributed by atoms with van der Waals surface area (Å²) < 4.78 is 8.25. The van der Waals surface area contributed by atoms with Crippen LogP contribution in [0.25, 0.3) is 21.9 Å². The van der Waals surface area contributed by atoms with Crippen LogP contribution in [0.2, 0.25) is 0 Å². The van der Waals surface area contributed by atoms with Gasteiger partial charge in [0.1, 0.15) is 17.1 Å². The molecule has 2 heterocycles. The highest BCUT2D eigenvalue weighted by atomic mass is 16.5. The predicted molar refractivity (Wildman–Crippen MR) is 180 cm³/mol. The van der Waals surface area contributed by atoms with Crippen molar-refractivity contribution in [3.05, 3.63) is 58.9 Å². The number of phenolic OH excluding ortho intramolecular Hbond substituents is 1. The number of benzene rings is 2. The molecule has 8 heteroatoms. The van der Waals surface area contributed by atoms with Crippen LogP contribution in [-0.2, 0) is 27.9 Å². The number of unbranched alkanes of at least 4 members (excludes halogenated alkanes) is 1. The second-order valence-electron chi connectivity index (χ2n) is 12.8. The maximum absolute atomic E-state index is 11.5. The smallest absolute Gasteiger partial charge is 0.219 e. The lowest BCUT2D eigenvalue weighted by atomic mass is 9.80. The second-order valence-corrected chi connectivity index (χ2v) is 12.8. The second kappa shape index (κ2) is 14.9. The third-order valence-electron chi connectivity index (χ3n) is 8.66. The van der Waals surface area contributed by atoms with Gasteiger partial charge >= 0.3 is 0 Å². The van der Waals surface area contributed by atoms with Gasteiger partial charge in [-0.25, -0.2) is 9.97 Å². The molecule has 2 aromatic carbocycles. The summed E-state index contributed by atoms with van der Waals surface area (Å²) in [7, 11) is 0. The molecule has 0 saturated carbocycles. The maximum atomic E-state index is 11.5. The number of hydrogen-bond donors (Lipinski definition) is 3. The molecule has 0 aliphatic rings. The SMILES string of the molecule is CCCCc1nc2c(N)nc3ccc(C(C)(C)CCCOCCCC(C)NC(=O)CC)cc3c2n1Cc1ccc(O)c(C)c1. The molecule has 0 aliphatic carbocycles. The Morgan fingerprint density at radius 3 is 2.59 bits per heavy atom. The molecule has 238 valence electrons. The van der Waals surface area contributed by atoms with Crippen LogP contribution in [0.1, 0.15) is 102 Å². The van der Waals surface area contributed by atoms with E-state index in [1.807, 2.05) is 32.9 Å². The maximum Gasteiger partial charge on any atom is 0.219 e. The minimum absolute atomic E-state index is 0.0613. The molecule has 4 aromatic rings. The molecule has 1 amide bonds. The van der Waals surface area contributed by atoms with Crippen molar-refractivity contribution in [2.75, 3.05) is 18.9 Å². The molecule has 4 N–H and O–H groups in total. The molecule has 44 heavy (non-hydrogen) atoms. The number of phenols is 1. The zero-order chi connectivity index (χ0) is 31.9. The van der Waals surface area contributed by atoms with Gasteiger partial charge in [-0.2, -0.15) is 0 Å². The Kier molecular flexibility index (Phi) is 11.2. The Bertz CT molecular complexity index is 1580. The van der Waals surface area contributed by atoms with E-state index in [9.17, 15) is 9.90 Å². The number of aromatic nitrogens is 3. The highest BCUT2D eigenvalue weighted by Crippen LogP contribution is 2.35. The lowest BCUT2D eigenvalue weighted by molar-refractivity contribution is -0.121. The molecule has 1 atom stereocenters. The number of nitrogens with two attached hydrogens (primary N) is 1. The summed E-state index contributed by atoms with van der Waals surface area (Å²) in [4.78, 5) is 21.3. The number of aryl methyl sites for hydroxylation is 2. The van der Waals surface area contributed by atoms with E-state index in [4.69, 9.17) is 20.4 Å². The van der Waals surface area contributed by atoms with E-state index in [2.05, 4.69) is 48.9 Å². The Morgan fingerprint density at radius 2 is 1.86 bits per heavy atom. The highest BCUT2D eigenvalue weighted by Gasteiger charge is 2.23. The molecule has 2 aromatic heterocycles. The van der Waals surface area contributed by atoms with E-state index in [0.29, 0.717) is 37.7 Å². The van der Waals surface area contributed by atoms with E-state index in [-0.39, 0.29) is 17.4 Å². The predicted octanol–water partition coefficient (Wildman–Crippen LogP) is 7.34. The standard InChI is InChI=1S/C36H51N5O3/c1-7-9-13-31-40-33-34(41(31)23-26-14-17-30(42)24(3)21-26)28-22-27(15-16-29(28)39-35(33)37)36(5,6)18-11-20-44-19-10-12-25(4)38-32(43)8-2/h14-17,21-22,25,42H,7-13,18-20,23H2,1-6H3,(H2,37,39)(H,38,43). The van der Waals surface area contributed by atoms with Crippen LogP contribution < -0.4 is 11.1 Å². The van der Waals surface area contributed by atoms with Crippen molar-refractivity contribution in [2.45, 2.75) is 111 Å². The number of carbonyl (C=O) groups is 1. The topological polar surface area (TPSA) is 115 Å². The largest absolute Gasteiger partial charge is 0.508 e. The third kappa shape index (κ3) is 8.08. The molecule has 1 unspecified atom stereocenters. The molecule has 0 aliphatic heterocycles. The Labute approximate surface area is 262 Å². The van der Waals surface area contributed by atoms with Crippen LogP contribution in [0.15, 0.2) is 36.4 Å². The Balaban J connectivity index is 1.54. The van der Waals surface area contributed by atoms with Crippen molar-refractivity contribution in [1.29, 1.82) is 0 Å². The first-order valence-corrected chi connectivity index (χ1v) is 16.3. The normalized spacial score (nSPS) is 12.7. The number of ether oxygens (including phenoxy) is 1. The number of anilines is 1. The first kappa shape index (κ1) is 33.2. The number of aromatic hydroxyl groups is 1. The number of pyridine rings is 1. The van der Waals surface area contributed by atoms with Crippen LogP contribution in [0, 0.1) is 6.92 Å². The third-order valence-corrected chi connectivity index (χ3v) is 8.66. The molecule has 4 rings (SSSR count). The zero-order valence-electron chi connectivity index (χ0n) is 27.5.